The van der Waals surface area contributed by atoms with Crippen molar-refractivity contribution in [1.29, 1.82) is 5.26 Å². The number of nitrogens with zero attached hydrogens (tertiary/aromatic N) is 4. The maximum absolute atomic E-state index is 13.7. The van der Waals surface area contributed by atoms with Crippen LogP contribution in [0.5, 0.6) is 5.75 Å². The molecule has 42 heavy (non-hydrogen) atoms. The summed E-state index contributed by atoms with van der Waals surface area (Å²) in [6, 6.07) is 22.1. The third-order valence-corrected chi connectivity index (χ3v) is 8.11. The molecule has 3 aromatic rings. The van der Waals surface area contributed by atoms with Crippen LogP contribution in [0.15, 0.2) is 71.4 Å². The SMILES string of the molecule is CCOc1ccc(CCCCN2C(=O)/C(=C\c3cc4c5c(c3)CCCN5CCC4)OC2=Nc2ccccc2C#N)cc1. The van der Waals surface area contributed by atoms with E-state index in [9.17, 15) is 10.1 Å². The largest absolute Gasteiger partial charge is 0.494 e. The second-order valence-corrected chi connectivity index (χ2v) is 11.0. The number of aliphatic imine (C=N–C) groups is 1. The van der Waals surface area contributed by atoms with Gasteiger partial charge in [-0.25, -0.2) is 0 Å². The second kappa shape index (κ2) is 12.5. The van der Waals surface area contributed by atoms with Gasteiger partial charge in [0.1, 0.15) is 11.8 Å². The first-order valence-electron chi connectivity index (χ1n) is 15.0. The quantitative estimate of drug-likeness (QED) is 0.219. The van der Waals surface area contributed by atoms with Crippen molar-refractivity contribution in [2.45, 2.75) is 51.9 Å². The molecule has 0 atom stereocenters. The zero-order valence-corrected chi connectivity index (χ0v) is 24.1. The van der Waals surface area contributed by atoms with Crippen LogP contribution in [-0.2, 0) is 28.8 Å². The van der Waals surface area contributed by atoms with Gasteiger partial charge in [-0.1, -0.05) is 24.3 Å². The Morgan fingerprint density at radius 3 is 2.48 bits per heavy atom. The number of nitriles is 1. The third-order valence-electron chi connectivity index (χ3n) is 8.11. The van der Waals surface area contributed by atoms with E-state index in [1.54, 1.807) is 23.1 Å². The number of para-hydroxylation sites is 1. The topological polar surface area (TPSA) is 78.2 Å². The number of aryl methyl sites for hydroxylation is 3. The number of ether oxygens (including phenoxy) is 2. The van der Waals surface area contributed by atoms with Gasteiger partial charge in [-0.05, 0) is 117 Å². The Morgan fingerprint density at radius 2 is 1.76 bits per heavy atom. The van der Waals surface area contributed by atoms with Gasteiger partial charge in [-0.2, -0.15) is 10.3 Å². The molecule has 7 heteroatoms. The molecule has 3 aliphatic heterocycles. The summed E-state index contributed by atoms with van der Waals surface area (Å²) < 4.78 is 11.7. The Hall–Kier alpha value is -4.57. The van der Waals surface area contributed by atoms with Gasteiger partial charge in [0.15, 0.2) is 5.76 Å². The molecule has 0 bridgehead atoms. The molecule has 7 nitrogen and oxygen atoms in total. The number of rotatable bonds is 9. The lowest BCUT2D eigenvalue weighted by Gasteiger charge is -2.37. The standard InChI is InChI=1S/C35H36N4O3/c1-2-41-30-16-14-25(15-17-30)9-5-6-20-39-34(40)32(42-35(39)37-31-13-4-3-10-29(31)24-36)23-26-21-27-11-7-18-38-19-8-12-28(22-26)33(27)38/h3-4,10,13-17,21-23H,2,5-9,11-12,18-20H2,1H3/b32-23+,37-35?. The highest BCUT2D eigenvalue weighted by Crippen LogP contribution is 2.37. The second-order valence-electron chi connectivity index (χ2n) is 11.0. The van der Waals surface area contributed by atoms with E-state index in [-0.39, 0.29) is 17.7 Å². The molecule has 3 heterocycles. The molecule has 1 saturated heterocycles. The molecule has 0 unspecified atom stereocenters. The lowest BCUT2D eigenvalue weighted by molar-refractivity contribution is -0.122. The Balaban J connectivity index is 1.23. The summed E-state index contributed by atoms with van der Waals surface area (Å²) >= 11 is 0. The van der Waals surface area contributed by atoms with E-state index >= 15 is 0 Å². The molecular formula is C35H36N4O3. The van der Waals surface area contributed by atoms with E-state index in [0.717, 1.165) is 69.3 Å². The van der Waals surface area contributed by atoms with E-state index in [1.165, 1.54) is 22.4 Å². The van der Waals surface area contributed by atoms with Gasteiger partial charge in [0.25, 0.3) is 5.91 Å². The zero-order chi connectivity index (χ0) is 28.9. The Labute approximate surface area is 247 Å². The Morgan fingerprint density at radius 1 is 1.02 bits per heavy atom. The first-order valence-corrected chi connectivity index (χ1v) is 15.0. The van der Waals surface area contributed by atoms with Crippen molar-refractivity contribution in [1.82, 2.24) is 4.90 Å². The van der Waals surface area contributed by atoms with Crippen LogP contribution in [0.25, 0.3) is 6.08 Å². The smallest absolute Gasteiger partial charge is 0.305 e. The summed E-state index contributed by atoms with van der Waals surface area (Å²) in [6.45, 7) is 5.35. The fraction of sp³-hybridized carbons (Fsp3) is 0.343. The number of amides is 1. The van der Waals surface area contributed by atoms with Gasteiger partial charge >= 0.3 is 6.02 Å². The number of unbranched alkanes of at least 4 members (excludes halogenated alkanes) is 1. The molecule has 1 amide bonds. The highest BCUT2D eigenvalue weighted by atomic mass is 16.5. The normalized spacial score (nSPS) is 17.8. The van der Waals surface area contributed by atoms with Crippen LogP contribution < -0.4 is 9.64 Å². The molecule has 0 aromatic heterocycles. The van der Waals surface area contributed by atoms with Gasteiger partial charge < -0.3 is 14.4 Å². The van der Waals surface area contributed by atoms with Crippen molar-refractivity contribution >= 4 is 29.4 Å². The van der Waals surface area contributed by atoms with E-state index in [4.69, 9.17) is 9.47 Å². The van der Waals surface area contributed by atoms with Gasteiger partial charge in [0.05, 0.1) is 17.9 Å². The third kappa shape index (κ3) is 5.89. The average Bonchev–Trinajstić information content (AvgIpc) is 3.29. The van der Waals surface area contributed by atoms with Crippen LogP contribution in [0.3, 0.4) is 0 Å². The van der Waals surface area contributed by atoms with E-state index < -0.39 is 0 Å². The maximum atomic E-state index is 13.7. The van der Waals surface area contributed by atoms with Gasteiger partial charge in [0, 0.05) is 25.3 Å². The van der Waals surface area contributed by atoms with Crippen LogP contribution in [0.2, 0.25) is 0 Å². The Kier molecular flexibility index (Phi) is 8.23. The highest BCUT2D eigenvalue weighted by Gasteiger charge is 2.35. The number of carbonyl (C=O) groups is 1. The van der Waals surface area contributed by atoms with Crippen LogP contribution >= 0.6 is 0 Å². The molecular weight excluding hydrogens is 524 g/mol. The molecule has 0 N–H and O–H groups in total. The fourth-order valence-corrected chi connectivity index (χ4v) is 6.14. The van der Waals surface area contributed by atoms with Crippen LogP contribution in [-0.4, -0.2) is 43.1 Å². The fourth-order valence-electron chi connectivity index (χ4n) is 6.14. The first-order chi connectivity index (χ1) is 20.6. The van der Waals surface area contributed by atoms with Crippen molar-refractivity contribution in [3.63, 3.8) is 0 Å². The predicted octanol–water partition coefficient (Wildman–Crippen LogP) is 6.57. The van der Waals surface area contributed by atoms with Crippen LogP contribution in [0, 0.1) is 11.3 Å². The molecule has 6 rings (SSSR count). The summed E-state index contributed by atoms with van der Waals surface area (Å²) in [6.07, 6.45) is 8.88. The molecule has 214 valence electrons. The highest BCUT2D eigenvalue weighted by molar-refractivity contribution is 6.11. The van der Waals surface area contributed by atoms with Crippen LogP contribution in [0.1, 0.15) is 60.4 Å². The lowest BCUT2D eigenvalue weighted by Crippen LogP contribution is -2.34. The lowest BCUT2D eigenvalue weighted by atomic mass is 9.90. The number of benzene rings is 3. The van der Waals surface area contributed by atoms with E-state index in [0.29, 0.717) is 24.4 Å². The molecule has 1 fully saturated rings. The van der Waals surface area contributed by atoms with E-state index in [1.807, 2.05) is 31.2 Å². The van der Waals surface area contributed by atoms with Gasteiger partial charge in [-0.3, -0.25) is 9.69 Å². The van der Waals surface area contributed by atoms with Crippen LogP contribution in [0.4, 0.5) is 11.4 Å². The minimum Gasteiger partial charge on any atom is -0.494 e. The van der Waals surface area contributed by atoms with Crippen molar-refractivity contribution in [3.8, 4) is 11.8 Å². The van der Waals surface area contributed by atoms with Crippen molar-refractivity contribution in [3.05, 3.63) is 94.2 Å². The van der Waals surface area contributed by atoms with E-state index in [2.05, 4.69) is 40.2 Å². The minimum atomic E-state index is -0.197. The first kappa shape index (κ1) is 27.6. The predicted molar refractivity (Wildman–Crippen MR) is 165 cm³/mol. The monoisotopic (exact) mass is 560 g/mol. The number of anilines is 1. The maximum Gasteiger partial charge on any atom is 0.305 e. The number of carbonyl (C=O) groups excluding carboxylic acids is 1. The molecule has 0 aliphatic carbocycles. The van der Waals surface area contributed by atoms with Gasteiger partial charge in [-0.15, -0.1) is 0 Å². The zero-order valence-electron chi connectivity index (χ0n) is 24.1. The number of amidine groups is 1. The summed E-state index contributed by atoms with van der Waals surface area (Å²) in [5, 5.41) is 9.59. The van der Waals surface area contributed by atoms with Gasteiger partial charge in [0.2, 0.25) is 0 Å². The average molecular weight is 561 g/mol. The molecule has 3 aromatic carbocycles. The molecule has 0 saturated carbocycles. The van der Waals surface area contributed by atoms with Crippen molar-refractivity contribution in [2.24, 2.45) is 4.99 Å². The summed E-state index contributed by atoms with van der Waals surface area (Å²) in [5.74, 6) is 0.946. The molecule has 0 spiro atoms. The van der Waals surface area contributed by atoms with Crippen molar-refractivity contribution in [2.75, 3.05) is 31.1 Å². The minimum absolute atomic E-state index is 0.197. The summed E-state index contributed by atoms with van der Waals surface area (Å²) in [4.78, 5) is 22.5. The summed E-state index contributed by atoms with van der Waals surface area (Å²) in [7, 11) is 0. The molecule has 3 aliphatic rings. The number of hydrogen-bond donors (Lipinski definition) is 0. The Bertz CT molecular complexity index is 1540. The molecule has 0 radical (unpaired) electrons. The van der Waals surface area contributed by atoms with Crippen molar-refractivity contribution < 1.29 is 14.3 Å². The number of hydrogen-bond acceptors (Lipinski definition) is 6. The summed E-state index contributed by atoms with van der Waals surface area (Å²) in [5.41, 5.74) is 7.27.